The van der Waals surface area contributed by atoms with Crippen LogP contribution in [0.1, 0.15) is 31.1 Å². The highest BCUT2D eigenvalue weighted by atomic mass is 16.5. The van der Waals surface area contributed by atoms with E-state index in [2.05, 4.69) is 12.2 Å². The third-order valence-corrected chi connectivity index (χ3v) is 3.33. The lowest BCUT2D eigenvalue weighted by molar-refractivity contribution is 0.0117. The van der Waals surface area contributed by atoms with Crippen molar-refractivity contribution >= 4 is 0 Å². The molecule has 4 nitrogen and oxygen atoms in total. The molecule has 2 rings (SSSR count). The van der Waals surface area contributed by atoms with Crippen molar-refractivity contribution in [3.05, 3.63) is 23.7 Å². The first kappa shape index (κ1) is 13.6. The maximum absolute atomic E-state index is 5.76. The first-order valence-corrected chi connectivity index (χ1v) is 6.81. The molecule has 18 heavy (non-hydrogen) atoms. The zero-order chi connectivity index (χ0) is 12.6. The van der Waals surface area contributed by atoms with E-state index in [-0.39, 0.29) is 0 Å². The molecule has 0 spiro atoms. The smallest absolute Gasteiger partial charge is 0.133 e. The fourth-order valence-corrected chi connectivity index (χ4v) is 2.14. The second kappa shape index (κ2) is 7.56. The van der Waals surface area contributed by atoms with E-state index in [1.165, 1.54) is 5.56 Å². The fraction of sp³-hybridized carbons (Fsp3) is 0.714. The Labute approximate surface area is 109 Å². The molecule has 1 fully saturated rings. The maximum atomic E-state index is 5.76. The molecule has 0 saturated carbocycles. The van der Waals surface area contributed by atoms with E-state index in [9.17, 15) is 0 Å². The highest BCUT2D eigenvalue weighted by Gasteiger charge is 2.14. The molecule has 2 heterocycles. The monoisotopic (exact) mass is 253 g/mol. The highest BCUT2D eigenvalue weighted by molar-refractivity contribution is 5.16. The largest absolute Gasteiger partial charge is 0.467 e. The highest BCUT2D eigenvalue weighted by Crippen LogP contribution is 2.17. The number of rotatable bonds is 7. The molecule has 0 atom stereocenters. The van der Waals surface area contributed by atoms with Gasteiger partial charge in [-0.2, -0.15) is 0 Å². The molecule has 0 aliphatic carbocycles. The maximum Gasteiger partial charge on any atom is 0.133 e. The van der Waals surface area contributed by atoms with Crippen LogP contribution in [-0.4, -0.2) is 26.4 Å². The van der Waals surface area contributed by atoms with Crippen molar-refractivity contribution in [2.24, 2.45) is 5.92 Å². The Balaban J connectivity index is 1.70. The molecule has 4 heteroatoms. The topological polar surface area (TPSA) is 43.6 Å². The lowest BCUT2D eigenvalue weighted by Crippen LogP contribution is -2.20. The van der Waals surface area contributed by atoms with E-state index in [0.717, 1.165) is 51.5 Å². The van der Waals surface area contributed by atoms with Gasteiger partial charge < -0.3 is 19.2 Å². The summed E-state index contributed by atoms with van der Waals surface area (Å²) in [6.45, 7) is 7.05. The molecule has 0 unspecified atom stereocenters. The van der Waals surface area contributed by atoms with E-state index < -0.39 is 0 Å². The molecule has 0 aromatic carbocycles. The van der Waals surface area contributed by atoms with Gasteiger partial charge in [-0.05, 0) is 31.4 Å². The third kappa shape index (κ3) is 4.12. The van der Waals surface area contributed by atoms with Crippen LogP contribution in [0, 0.1) is 5.92 Å². The molecular weight excluding hydrogens is 230 g/mol. The Morgan fingerprint density at radius 1 is 1.39 bits per heavy atom. The molecule has 1 N–H and O–H groups in total. The van der Waals surface area contributed by atoms with E-state index >= 15 is 0 Å². The number of ether oxygens (including phenoxy) is 2. The van der Waals surface area contributed by atoms with E-state index in [4.69, 9.17) is 13.9 Å². The van der Waals surface area contributed by atoms with Crippen LogP contribution in [0.5, 0.6) is 0 Å². The summed E-state index contributed by atoms with van der Waals surface area (Å²) >= 11 is 0. The van der Waals surface area contributed by atoms with Crippen molar-refractivity contribution in [3.8, 4) is 0 Å². The van der Waals surface area contributed by atoms with Crippen molar-refractivity contribution in [1.29, 1.82) is 0 Å². The second-order valence-corrected chi connectivity index (χ2v) is 4.72. The summed E-state index contributed by atoms with van der Waals surface area (Å²) in [5.41, 5.74) is 1.20. The van der Waals surface area contributed by atoms with Crippen molar-refractivity contribution in [2.75, 3.05) is 26.4 Å². The van der Waals surface area contributed by atoms with Crippen LogP contribution in [0.15, 0.2) is 16.7 Å². The van der Waals surface area contributed by atoms with Crippen LogP contribution in [-0.2, 0) is 22.6 Å². The first-order chi connectivity index (χ1) is 8.90. The Morgan fingerprint density at radius 3 is 3.00 bits per heavy atom. The van der Waals surface area contributed by atoms with Crippen molar-refractivity contribution < 1.29 is 13.9 Å². The summed E-state index contributed by atoms with van der Waals surface area (Å²) in [4.78, 5) is 0. The summed E-state index contributed by atoms with van der Waals surface area (Å²) in [6, 6.07) is 2.01. The minimum atomic E-state index is 0.574. The molecule has 1 aromatic heterocycles. The number of hydrogen-bond acceptors (Lipinski definition) is 4. The summed E-state index contributed by atoms with van der Waals surface area (Å²) in [6.07, 6.45) is 3.96. The van der Waals surface area contributed by atoms with Gasteiger partial charge in [-0.3, -0.25) is 0 Å². The molecule has 1 aromatic rings. The molecule has 1 aliphatic rings. The van der Waals surface area contributed by atoms with Crippen LogP contribution in [0.3, 0.4) is 0 Å². The van der Waals surface area contributed by atoms with Gasteiger partial charge in [0.05, 0.1) is 12.9 Å². The average Bonchev–Trinajstić information content (AvgIpc) is 2.85. The zero-order valence-corrected chi connectivity index (χ0v) is 11.1. The van der Waals surface area contributed by atoms with Gasteiger partial charge in [-0.25, -0.2) is 0 Å². The Hall–Kier alpha value is -0.840. The van der Waals surface area contributed by atoms with E-state index in [0.29, 0.717) is 12.5 Å². The summed E-state index contributed by atoms with van der Waals surface area (Å²) in [5.74, 6) is 1.59. The second-order valence-electron chi connectivity index (χ2n) is 4.72. The van der Waals surface area contributed by atoms with Crippen LogP contribution in [0.2, 0.25) is 0 Å². The normalized spacial score (nSPS) is 17.2. The third-order valence-electron chi connectivity index (χ3n) is 3.33. The van der Waals surface area contributed by atoms with Gasteiger partial charge in [0.25, 0.3) is 0 Å². The number of hydrogen-bond donors (Lipinski definition) is 1. The van der Waals surface area contributed by atoms with Gasteiger partial charge in [0, 0.05) is 25.3 Å². The Morgan fingerprint density at radius 2 is 2.22 bits per heavy atom. The first-order valence-electron chi connectivity index (χ1n) is 6.81. The molecule has 0 amide bonds. The lowest BCUT2D eigenvalue weighted by atomic mass is 10.0. The lowest BCUT2D eigenvalue weighted by Gasteiger charge is -2.21. The van der Waals surface area contributed by atoms with Crippen molar-refractivity contribution in [2.45, 2.75) is 32.9 Å². The molecule has 0 bridgehead atoms. The zero-order valence-electron chi connectivity index (χ0n) is 11.1. The SMILES string of the molecule is CCNCc1ccoc1COCC1CCOCC1. The minimum Gasteiger partial charge on any atom is -0.467 e. The van der Waals surface area contributed by atoms with Gasteiger partial charge in [-0.15, -0.1) is 0 Å². The minimum absolute atomic E-state index is 0.574. The van der Waals surface area contributed by atoms with Gasteiger partial charge in [0.15, 0.2) is 0 Å². The Kier molecular flexibility index (Phi) is 5.71. The molecule has 102 valence electrons. The van der Waals surface area contributed by atoms with Gasteiger partial charge in [0.1, 0.15) is 12.4 Å². The molecule has 1 aliphatic heterocycles. The predicted octanol–water partition coefficient (Wildman–Crippen LogP) is 2.33. The van der Waals surface area contributed by atoms with Crippen molar-refractivity contribution in [3.63, 3.8) is 0 Å². The molecule has 1 saturated heterocycles. The molecule has 0 radical (unpaired) electrons. The number of nitrogens with one attached hydrogen (secondary N) is 1. The number of furan rings is 1. The predicted molar refractivity (Wildman–Crippen MR) is 69.3 cm³/mol. The van der Waals surface area contributed by atoms with Crippen LogP contribution < -0.4 is 5.32 Å². The summed E-state index contributed by atoms with van der Waals surface area (Å²) in [5, 5.41) is 3.30. The summed E-state index contributed by atoms with van der Waals surface area (Å²) in [7, 11) is 0. The average molecular weight is 253 g/mol. The summed E-state index contributed by atoms with van der Waals surface area (Å²) < 4.78 is 16.6. The van der Waals surface area contributed by atoms with E-state index in [1.54, 1.807) is 6.26 Å². The molecular formula is C14H23NO3. The quantitative estimate of drug-likeness (QED) is 0.810. The van der Waals surface area contributed by atoms with Gasteiger partial charge in [0.2, 0.25) is 0 Å². The van der Waals surface area contributed by atoms with E-state index in [1.807, 2.05) is 6.07 Å². The standard InChI is InChI=1S/C14H23NO3/c1-2-15-9-13-5-8-18-14(13)11-17-10-12-3-6-16-7-4-12/h5,8,12,15H,2-4,6-7,9-11H2,1H3. The Bertz CT molecular complexity index is 332. The fourth-order valence-electron chi connectivity index (χ4n) is 2.14. The van der Waals surface area contributed by atoms with Crippen LogP contribution in [0.25, 0.3) is 0 Å². The van der Waals surface area contributed by atoms with Gasteiger partial charge >= 0.3 is 0 Å². The van der Waals surface area contributed by atoms with Gasteiger partial charge in [-0.1, -0.05) is 6.92 Å². The van der Waals surface area contributed by atoms with Crippen LogP contribution >= 0.6 is 0 Å². The van der Waals surface area contributed by atoms with Crippen LogP contribution in [0.4, 0.5) is 0 Å². The van der Waals surface area contributed by atoms with Crippen molar-refractivity contribution in [1.82, 2.24) is 5.32 Å².